The van der Waals surface area contributed by atoms with Crippen LogP contribution in [0.4, 0.5) is 0 Å². The summed E-state index contributed by atoms with van der Waals surface area (Å²) in [4.78, 5) is 0. The highest BCUT2D eigenvalue weighted by Crippen LogP contribution is 2.20. The summed E-state index contributed by atoms with van der Waals surface area (Å²) in [6.45, 7) is 10.2. The van der Waals surface area contributed by atoms with Gasteiger partial charge in [0.25, 0.3) is 0 Å². The van der Waals surface area contributed by atoms with Crippen LogP contribution in [0.2, 0.25) is 0 Å². The zero-order valence-corrected chi connectivity index (χ0v) is 12.4. The van der Waals surface area contributed by atoms with E-state index >= 15 is 0 Å². The second-order valence-corrected chi connectivity index (χ2v) is 8.18. The number of hydrogen-bond donors (Lipinski definition) is 1. The molecule has 1 N–H and O–H groups in total. The Kier molecular flexibility index (Phi) is 5.42. The van der Waals surface area contributed by atoms with Gasteiger partial charge < -0.3 is 5.32 Å². The van der Waals surface area contributed by atoms with Crippen LogP contribution < -0.4 is 5.32 Å². The third-order valence-electron chi connectivity index (χ3n) is 2.86. The van der Waals surface area contributed by atoms with Crippen molar-refractivity contribution in [2.75, 3.05) is 20.6 Å². The zero-order valence-electron chi connectivity index (χ0n) is 11.5. The molecule has 0 heterocycles. The maximum absolute atomic E-state index is 11.9. The first-order valence-corrected chi connectivity index (χ1v) is 7.16. The number of sulfonamides is 1. The van der Waals surface area contributed by atoms with Gasteiger partial charge in [-0.1, -0.05) is 20.8 Å². The van der Waals surface area contributed by atoms with Crippen molar-refractivity contribution in [1.29, 1.82) is 0 Å². The molecular weight excluding hydrogens is 224 g/mol. The standard InChI is InChI=1S/C11H26N2O2S/c1-9(2)16(14,15)13(7)8-10(12-6)11(3,4)5/h9-10,12H,8H2,1-7H3/t10-/m1/s1. The van der Waals surface area contributed by atoms with Gasteiger partial charge >= 0.3 is 0 Å². The highest BCUT2D eigenvalue weighted by Gasteiger charge is 2.29. The van der Waals surface area contributed by atoms with Crippen LogP contribution in [0.1, 0.15) is 34.6 Å². The molecule has 0 amide bonds. The van der Waals surface area contributed by atoms with Crippen LogP contribution in [0, 0.1) is 5.41 Å². The highest BCUT2D eigenvalue weighted by atomic mass is 32.2. The monoisotopic (exact) mass is 250 g/mol. The number of rotatable bonds is 5. The van der Waals surface area contributed by atoms with E-state index in [4.69, 9.17) is 0 Å². The molecule has 0 aromatic heterocycles. The van der Waals surface area contributed by atoms with Gasteiger partial charge in [-0.25, -0.2) is 12.7 Å². The summed E-state index contributed by atoms with van der Waals surface area (Å²) in [6, 6.07) is 0.144. The molecule has 0 saturated heterocycles. The minimum Gasteiger partial charge on any atom is -0.315 e. The fourth-order valence-electron chi connectivity index (χ4n) is 1.52. The Hall–Kier alpha value is -0.130. The van der Waals surface area contributed by atoms with Crippen molar-refractivity contribution in [3.8, 4) is 0 Å². The van der Waals surface area contributed by atoms with Crippen LogP contribution in [0.15, 0.2) is 0 Å². The topological polar surface area (TPSA) is 49.4 Å². The molecule has 1 atom stereocenters. The molecular formula is C11H26N2O2S. The molecule has 4 nitrogen and oxygen atoms in total. The SMILES string of the molecule is CN[C@H](CN(C)S(=O)(=O)C(C)C)C(C)(C)C. The molecule has 0 saturated carbocycles. The second-order valence-electron chi connectivity index (χ2n) is 5.58. The molecule has 0 bridgehead atoms. The molecule has 16 heavy (non-hydrogen) atoms. The molecule has 0 aliphatic heterocycles. The maximum Gasteiger partial charge on any atom is 0.216 e. The van der Waals surface area contributed by atoms with Crippen LogP contribution in [-0.2, 0) is 10.0 Å². The van der Waals surface area contributed by atoms with Gasteiger partial charge in [0.2, 0.25) is 10.0 Å². The normalized spacial score (nSPS) is 15.8. The van der Waals surface area contributed by atoms with Gasteiger partial charge in [0.1, 0.15) is 0 Å². The molecule has 0 aromatic carbocycles. The lowest BCUT2D eigenvalue weighted by Crippen LogP contribution is -2.48. The van der Waals surface area contributed by atoms with Gasteiger partial charge in [-0.3, -0.25) is 0 Å². The van der Waals surface area contributed by atoms with Gasteiger partial charge in [-0.15, -0.1) is 0 Å². The van der Waals surface area contributed by atoms with E-state index in [1.165, 1.54) is 4.31 Å². The van der Waals surface area contributed by atoms with Crippen molar-refractivity contribution in [1.82, 2.24) is 9.62 Å². The van der Waals surface area contributed by atoms with Gasteiger partial charge in [0.15, 0.2) is 0 Å². The Labute approximate surface area is 100 Å². The number of likely N-dealkylation sites (N-methyl/N-ethyl adjacent to an activating group) is 2. The van der Waals surface area contributed by atoms with E-state index in [0.717, 1.165) is 0 Å². The lowest BCUT2D eigenvalue weighted by atomic mass is 9.87. The van der Waals surface area contributed by atoms with E-state index in [-0.39, 0.29) is 16.7 Å². The third-order valence-corrected chi connectivity index (χ3v) is 5.07. The average Bonchev–Trinajstić information content (AvgIpc) is 2.11. The van der Waals surface area contributed by atoms with Gasteiger partial charge in [-0.05, 0) is 26.3 Å². The van der Waals surface area contributed by atoms with Gasteiger partial charge in [0, 0.05) is 19.6 Å². The summed E-state index contributed by atoms with van der Waals surface area (Å²) < 4.78 is 25.3. The van der Waals surface area contributed by atoms with Crippen LogP contribution >= 0.6 is 0 Å². The Morgan fingerprint density at radius 3 is 1.94 bits per heavy atom. The van der Waals surface area contributed by atoms with Gasteiger partial charge in [-0.2, -0.15) is 0 Å². The minimum absolute atomic E-state index is 0.0372. The summed E-state index contributed by atoms with van der Waals surface area (Å²) in [5.41, 5.74) is 0.0372. The quantitative estimate of drug-likeness (QED) is 0.800. The lowest BCUT2D eigenvalue weighted by molar-refractivity contribution is 0.246. The lowest BCUT2D eigenvalue weighted by Gasteiger charge is -2.33. The van der Waals surface area contributed by atoms with Crippen molar-refractivity contribution in [3.05, 3.63) is 0 Å². The molecule has 0 aliphatic carbocycles. The predicted molar refractivity (Wildman–Crippen MR) is 69.0 cm³/mol. The molecule has 5 heteroatoms. The van der Waals surface area contributed by atoms with Crippen LogP contribution in [-0.4, -0.2) is 44.7 Å². The van der Waals surface area contributed by atoms with Crippen LogP contribution in [0.5, 0.6) is 0 Å². The largest absolute Gasteiger partial charge is 0.315 e. The van der Waals surface area contributed by atoms with Gasteiger partial charge in [0.05, 0.1) is 5.25 Å². The summed E-state index contributed by atoms with van der Waals surface area (Å²) in [5.74, 6) is 0. The molecule has 98 valence electrons. The first-order chi connectivity index (χ1) is 7.03. The molecule has 0 aromatic rings. The summed E-state index contributed by atoms with van der Waals surface area (Å²) in [5, 5.41) is 2.81. The Morgan fingerprint density at radius 1 is 1.25 bits per heavy atom. The number of nitrogens with one attached hydrogen (secondary N) is 1. The van der Waals surface area contributed by atoms with Crippen molar-refractivity contribution in [2.24, 2.45) is 5.41 Å². The fraction of sp³-hybridized carbons (Fsp3) is 1.00. The number of nitrogens with zero attached hydrogens (tertiary/aromatic N) is 1. The fourth-order valence-corrected chi connectivity index (χ4v) is 2.60. The maximum atomic E-state index is 11.9. The van der Waals surface area contributed by atoms with Crippen molar-refractivity contribution < 1.29 is 8.42 Å². The Morgan fingerprint density at radius 2 is 1.69 bits per heavy atom. The third kappa shape index (κ3) is 4.03. The second kappa shape index (κ2) is 5.47. The summed E-state index contributed by atoms with van der Waals surface area (Å²) in [7, 11) is 0.362. The van der Waals surface area contributed by atoms with Crippen molar-refractivity contribution in [3.63, 3.8) is 0 Å². The van der Waals surface area contributed by atoms with E-state index in [9.17, 15) is 8.42 Å². The predicted octanol–water partition coefficient (Wildman–Crippen LogP) is 1.29. The Bertz CT molecular complexity index is 304. The first kappa shape index (κ1) is 15.9. The number of hydrogen-bond acceptors (Lipinski definition) is 3. The molecule has 0 aliphatic rings. The smallest absolute Gasteiger partial charge is 0.216 e. The molecule has 0 radical (unpaired) electrons. The summed E-state index contributed by atoms with van der Waals surface area (Å²) in [6.07, 6.45) is 0. The van der Waals surface area contributed by atoms with Crippen molar-refractivity contribution >= 4 is 10.0 Å². The van der Waals surface area contributed by atoms with E-state index in [0.29, 0.717) is 6.54 Å². The minimum atomic E-state index is -3.15. The molecule has 0 unspecified atom stereocenters. The summed E-state index contributed by atoms with van der Waals surface area (Å²) >= 11 is 0. The highest BCUT2D eigenvalue weighted by molar-refractivity contribution is 7.89. The van der Waals surface area contributed by atoms with E-state index in [1.807, 2.05) is 7.05 Å². The Balaban J connectivity index is 4.74. The zero-order chi connectivity index (χ0) is 13.1. The van der Waals surface area contributed by atoms with Crippen LogP contribution in [0.3, 0.4) is 0 Å². The van der Waals surface area contributed by atoms with Crippen LogP contribution in [0.25, 0.3) is 0 Å². The van der Waals surface area contributed by atoms with Crippen molar-refractivity contribution in [2.45, 2.75) is 45.9 Å². The first-order valence-electron chi connectivity index (χ1n) is 5.66. The average molecular weight is 250 g/mol. The van der Waals surface area contributed by atoms with E-state index in [1.54, 1.807) is 20.9 Å². The van der Waals surface area contributed by atoms with E-state index < -0.39 is 10.0 Å². The molecule has 0 spiro atoms. The molecule has 0 fully saturated rings. The van der Waals surface area contributed by atoms with E-state index in [2.05, 4.69) is 26.1 Å². The molecule has 0 rings (SSSR count).